The molecule has 2 aromatic heterocycles. The lowest BCUT2D eigenvalue weighted by Gasteiger charge is -2.14. The van der Waals surface area contributed by atoms with Crippen molar-refractivity contribution >= 4 is 28.6 Å². The smallest absolute Gasteiger partial charge is 0.263 e. The van der Waals surface area contributed by atoms with E-state index < -0.39 is 17.7 Å². The second kappa shape index (κ2) is 6.78. The highest BCUT2D eigenvalue weighted by molar-refractivity contribution is 7.17. The summed E-state index contributed by atoms with van der Waals surface area (Å²) in [7, 11) is 0. The van der Waals surface area contributed by atoms with Crippen LogP contribution in [0.3, 0.4) is 0 Å². The fraction of sp³-hybridized carbons (Fsp3) is 0.176. The fourth-order valence-electron chi connectivity index (χ4n) is 2.31. The molecule has 0 radical (unpaired) electrons. The average Bonchev–Trinajstić information content (AvgIpc) is 3.15. The number of carbonyl (C=O) groups excluding carboxylic acids is 1. The molecule has 1 N–H and O–H groups in total. The van der Waals surface area contributed by atoms with Crippen molar-refractivity contribution in [1.82, 2.24) is 10.3 Å². The summed E-state index contributed by atoms with van der Waals surface area (Å²) >= 11 is 2.86. The summed E-state index contributed by atoms with van der Waals surface area (Å²) < 4.78 is 26.8. The minimum Gasteiger partial charge on any atom is -0.345 e. The second-order valence-corrected chi connectivity index (χ2v) is 7.09. The Kier molecular flexibility index (Phi) is 4.73. The first-order valence-corrected chi connectivity index (χ1v) is 8.97. The van der Waals surface area contributed by atoms with Crippen molar-refractivity contribution in [2.75, 3.05) is 0 Å². The SMILES string of the molecule is Cc1nc(-c2ccsc2)sc1C(=O)NC(C)c1ccc(F)cc1F. The average molecular weight is 364 g/mol. The Balaban J connectivity index is 1.80. The topological polar surface area (TPSA) is 42.0 Å². The van der Waals surface area contributed by atoms with Crippen LogP contribution in [-0.4, -0.2) is 10.9 Å². The zero-order valence-electron chi connectivity index (χ0n) is 13.0. The lowest BCUT2D eigenvalue weighted by atomic mass is 10.1. The molecule has 0 spiro atoms. The molecule has 0 saturated carbocycles. The van der Waals surface area contributed by atoms with Crippen molar-refractivity contribution in [3.05, 3.63) is 62.8 Å². The molecule has 0 aliphatic carbocycles. The number of amides is 1. The molecular weight excluding hydrogens is 350 g/mol. The quantitative estimate of drug-likeness (QED) is 0.712. The Morgan fingerprint density at radius 3 is 2.75 bits per heavy atom. The van der Waals surface area contributed by atoms with Gasteiger partial charge in [0.1, 0.15) is 21.5 Å². The number of aromatic nitrogens is 1. The normalized spacial score (nSPS) is 12.2. The molecule has 1 atom stereocenters. The van der Waals surface area contributed by atoms with Gasteiger partial charge >= 0.3 is 0 Å². The zero-order chi connectivity index (χ0) is 17.3. The molecule has 0 aliphatic rings. The minimum atomic E-state index is -0.678. The van der Waals surface area contributed by atoms with Crippen LogP contribution in [0, 0.1) is 18.6 Å². The summed E-state index contributed by atoms with van der Waals surface area (Å²) in [6.07, 6.45) is 0. The lowest BCUT2D eigenvalue weighted by Crippen LogP contribution is -2.27. The fourth-order valence-corrected chi connectivity index (χ4v) is 3.99. The van der Waals surface area contributed by atoms with Crippen LogP contribution < -0.4 is 5.32 Å². The van der Waals surface area contributed by atoms with E-state index >= 15 is 0 Å². The number of rotatable bonds is 4. The highest BCUT2D eigenvalue weighted by atomic mass is 32.1. The number of carbonyl (C=O) groups is 1. The number of hydrogen-bond donors (Lipinski definition) is 1. The molecule has 0 fully saturated rings. The van der Waals surface area contributed by atoms with Crippen molar-refractivity contribution in [3.63, 3.8) is 0 Å². The number of thiophene rings is 1. The van der Waals surface area contributed by atoms with Gasteiger partial charge in [-0.05, 0) is 31.4 Å². The monoisotopic (exact) mass is 364 g/mol. The van der Waals surface area contributed by atoms with Gasteiger partial charge in [0.15, 0.2) is 0 Å². The molecule has 1 amide bonds. The van der Waals surface area contributed by atoms with Gasteiger partial charge in [0.2, 0.25) is 0 Å². The number of hydrogen-bond acceptors (Lipinski definition) is 4. The Morgan fingerprint density at radius 1 is 1.29 bits per heavy atom. The van der Waals surface area contributed by atoms with Crippen LogP contribution in [0.2, 0.25) is 0 Å². The largest absolute Gasteiger partial charge is 0.345 e. The third kappa shape index (κ3) is 3.37. The maximum Gasteiger partial charge on any atom is 0.263 e. The maximum atomic E-state index is 13.8. The van der Waals surface area contributed by atoms with E-state index in [-0.39, 0.29) is 11.5 Å². The number of nitrogens with one attached hydrogen (secondary N) is 1. The molecule has 124 valence electrons. The zero-order valence-corrected chi connectivity index (χ0v) is 14.6. The first-order valence-electron chi connectivity index (χ1n) is 7.21. The molecule has 3 rings (SSSR count). The number of aryl methyl sites for hydroxylation is 1. The van der Waals surface area contributed by atoms with Crippen molar-refractivity contribution in [1.29, 1.82) is 0 Å². The molecule has 24 heavy (non-hydrogen) atoms. The highest BCUT2D eigenvalue weighted by Crippen LogP contribution is 2.30. The van der Waals surface area contributed by atoms with Crippen LogP contribution in [-0.2, 0) is 0 Å². The third-order valence-corrected chi connectivity index (χ3v) is 5.44. The van der Waals surface area contributed by atoms with E-state index in [4.69, 9.17) is 0 Å². The molecule has 3 nitrogen and oxygen atoms in total. The van der Waals surface area contributed by atoms with Crippen molar-refractivity contribution in [2.24, 2.45) is 0 Å². The van der Waals surface area contributed by atoms with Crippen molar-refractivity contribution in [2.45, 2.75) is 19.9 Å². The third-order valence-electron chi connectivity index (χ3n) is 3.55. The number of nitrogens with zero attached hydrogens (tertiary/aromatic N) is 1. The Labute approximate surface area is 146 Å². The molecule has 2 heterocycles. The van der Waals surface area contributed by atoms with E-state index in [0.29, 0.717) is 10.6 Å². The summed E-state index contributed by atoms with van der Waals surface area (Å²) in [6.45, 7) is 3.43. The highest BCUT2D eigenvalue weighted by Gasteiger charge is 2.20. The van der Waals surface area contributed by atoms with Crippen molar-refractivity contribution < 1.29 is 13.6 Å². The van der Waals surface area contributed by atoms with Gasteiger partial charge in [-0.15, -0.1) is 11.3 Å². The Hall–Kier alpha value is -2.12. The van der Waals surface area contributed by atoms with E-state index in [0.717, 1.165) is 16.6 Å². The molecule has 0 bridgehead atoms. The van der Waals surface area contributed by atoms with Crippen molar-refractivity contribution in [3.8, 4) is 10.6 Å². The van der Waals surface area contributed by atoms with Crippen LogP contribution in [0.4, 0.5) is 8.78 Å². The summed E-state index contributed by atoms with van der Waals surface area (Å²) in [4.78, 5) is 17.4. The molecule has 0 saturated heterocycles. The van der Waals surface area contributed by atoms with Crippen LogP contribution >= 0.6 is 22.7 Å². The van der Waals surface area contributed by atoms with E-state index in [1.54, 1.807) is 25.2 Å². The van der Waals surface area contributed by atoms with Gasteiger partial charge in [-0.2, -0.15) is 11.3 Å². The standard InChI is InChI=1S/C17H14F2N2OS2/c1-9(13-4-3-12(18)7-14(13)19)20-16(22)15-10(2)21-17(24-15)11-5-6-23-8-11/h3-9H,1-2H3,(H,20,22). The first-order chi connectivity index (χ1) is 11.5. The predicted molar refractivity (Wildman–Crippen MR) is 92.4 cm³/mol. The summed E-state index contributed by atoms with van der Waals surface area (Å²) in [5.41, 5.74) is 1.85. The van der Waals surface area contributed by atoms with E-state index in [1.165, 1.54) is 23.5 Å². The molecular formula is C17H14F2N2OS2. The minimum absolute atomic E-state index is 0.241. The molecule has 3 aromatic rings. The van der Waals surface area contributed by atoms with Crippen LogP contribution in [0.5, 0.6) is 0 Å². The Bertz CT molecular complexity index is 875. The molecule has 1 unspecified atom stereocenters. The predicted octanol–water partition coefficient (Wildman–Crippen LogP) is 4.95. The number of benzene rings is 1. The molecule has 1 aromatic carbocycles. The van der Waals surface area contributed by atoms with E-state index in [9.17, 15) is 13.6 Å². The van der Waals surface area contributed by atoms with E-state index in [1.807, 2.05) is 16.8 Å². The summed E-state index contributed by atoms with van der Waals surface area (Å²) in [5.74, 6) is -1.64. The number of thiazole rings is 1. The first kappa shape index (κ1) is 16.7. The number of halogens is 2. The second-order valence-electron chi connectivity index (χ2n) is 5.31. The maximum absolute atomic E-state index is 13.8. The van der Waals surface area contributed by atoms with Gasteiger partial charge in [-0.25, -0.2) is 13.8 Å². The van der Waals surface area contributed by atoms with Gasteiger partial charge < -0.3 is 5.32 Å². The van der Waals surface area contributed by atoms with Gasteiger partial charge in [0.25, 0.3) is 5.91 Å². The van der Waals surface area contributed by atoms with Gasteiger partial charge in [-0.3, -0.25) is 4.79 Å². The van der Waals surface area contributed by atoms with Crippen LogP contribution in [0.25, 0.3) is 10.6 Å². The summed E-state index contributed by atoms with van der Waals surface area (Å²) in [5, 5.41) is 7.44. The van der Waals surface area contributed by atoms with Crippen LogP contribution in [0.1, 0.15) is 33.9 Å². The molecule has 0 aliphatic heterocycles. The van der Waals surface area contributed by atoms with Gasteiger partial charge in [0.05, 0.1) is 11.7 Å². The van der Waals surface area contributed by atoms with Gasteiger partial charge in [-0.1, -0.05) is 6.07 Å². The Morgan fingerprint density at radius 2 is 2.08 bits per heavy atom. The van der Waals surface area contributed by atoms with Gasteiger partial charge in [0, 0.05) is 22.6 Å². The van der Waals surface area contributed by atoms with Crippen LogP contribution in [0.15, 0.2) is 35.0 Å². The summed E-state index contributed by atoms with van der Waals surface area (Å²) in [6, 6.07) is 4.69. The van der Waals surface area contributed by atoms with E-state index in [2.05, 4.69) is 10.3 Å². The molecule has 7 heteroatoms. The lowest BCUT2D eigenvalue weighted by molar-refractivity contribution is 0.0942.